The molecule has 33 heavy (non-hydrogen) atoms. The number of carbonyl (C=O) groups is 1. The molecule has 0 aliphatic carbocycles. The number of nitrogens with zero attached hydrogens (tertiary/aromatic N) is 4. The Labute approximate surface area is 206 Å². The average molecular weight is 507 g/mol. The first kappa shape index (κ1) is 25.4. The first-order valence-corrected chi connectivity index (χ1v) is 13.0. The van der Waals surface area contributed by atoms with Crippen LogP contribution in [0.25, 0.3) is 10.2 Å². The fraction of sp³-hybridized carbons (Fsp3) is 0.391. The van der Waals surface area contributed by atoms with Gasteiger partial charge in [-0.2, -0.15) is 0 Å². The number of non-ortho nitro benzene ring substituents is 1. The third-order valence-electron chi connectivity index (χ3n) is 5.26. The number of aromatic nitrogens is 1. The minimum Gasteiger partial charge on any atom is -0.302 e. The van der Waals surface area contributed by atoms with E-state index >= 15 is 0 Å². The Hall–Kier alpha value is -2.20. The summed E-state index contributed by atoms with van der Waals surface area (Å²) >= 11 is 8.95. The van der Waals surface area contributed by atoms with Crippen LogP contribution in [0, 0.1) is 10.1 Å². The van der Waals surface area contributed by atoms with Gasteiger partial charge < -0.3 is 4.90 Å². The number of fused-ring (bicyclic) bond motifs is 1. The first-order valence-electron chi connectivity index (χ1n) is 10.9. The van der Waals surface area contributed by atoms with Crippen molar-refractivity contribution in [3.05, 3.63) is 57.6 Å². The van der Waals surface area contributed by atoms with Gasteiger partial charge in [0.1, 0.15) is 0 Å². The van der Waals surface area contributed by atoms with Crippen molar-refractivity contribution in [1.29, 1.82) is 0 Å². The number of benzene rings is 2. The third-order valence-corrected chi connectivity index (χ3v) is 7.65. The van der Waals surface area contributed by atoms with Crippen LogP contribution in [0.3, 0.4) is 0 Å². The summed E-state index contributed by atoms with van der Waals surface area (Å²) in [4.78, 5) is 33.6. The van der Waals surface area contributed by atoms with Crippen LogP contribution in [-0.4, -0.2) is 52.6 Å². The van der Waals surface area contributed by atoms with Crippen molar-refractivity contribution < 1.29 is 9.72 Å². The Kier molecular flexibility index (Phi) is 9.49. The summed E-state index contributed by atoms with van der Waals surface area (Å²) in [6.45, 7) is 7.28. The molecule has 1 aromatic heterocycles. The average Bonchev–Trinajstić information content (AvgIpc) is 3.23. The summed E-state index contributed by atoms with van der Waals surface area (Å²) in [5.74, 6) is 0.843. The van der Waals surface area contributed by atoms with Crippen LogP contribution in [0.2, 0.25) is 5.02 Å². The number of rotatable bonds is 12. The van der Waals surface area contributed by atoms with Crippen molar-refractivity contribution in [2.75, 3.05) is 36.8 Å². The van der Waals surface area contributed by atoms with E-state index in [0.717, 1.165) is 36.7 Å². The minimum absolute atomic E-state index is 0.0208. The Bertz CT molecular complexity index is 1090. The van der Waals surface area contributed by atoms with Gasteiger partial charge in [0.05, 0.1) is 15.1 Å². The summed E-state index contributed by atoms with van der Waals surface area (Å²) in [5.41, 5.74) is 0.692. The molecule has 10 heteroatoms. The fourth-order valence-electron chi connectivity index (χ4n) is 3.32. The van der Waals surface area contributed by atoms with E-state index in [0.29, 0.717) is 33.3 Å². The van der Waals surface area contributed by atoms with Crippen molar-refractivity contribution >= 4 is 61.6 Å². The second kappa shape index (κ2) is 12.3. The highest BCUT2D eigenvalue weighted by molar-refractivity contribution is 7.99. The van der Waals surface area contributed by atoms with E-state index in [1.807, 2.05) is 24.3 Å². The lowest BCUT2D eigenvalue weighted by Crippen LogP contribution is -2.38. The van der Waals surface area contributed by atoms with Gasteiger partial charge in [-0.15, -0.1) is 11.8 Å². The summed E-state index contributed by atoms with van der Waals surface area (Å²) in [6.07, 6.45) is 1.15. The number of amides is 1. The second-order valence-electron chi connectivity index (χ2n) is 7.38. The molecule has 0 fully saturated rings. The first-order chi connectivity index (χ1) is 15.9. The maximum Gasteiger partial charge on any atom is 0.270 e. The lowest BCUT2D eigenvalue weighted by molar-refractivity contribution is -0.384. The molecule has 0 atom stereocenters. The van der Waals surface area contributed by atoms with Gasteiger partial charge in [-0.25, -0.2) is 4.98 Å². The van der Waals surface area contributed by atoms with Crippen molar-refractivity contribution in [2.24, 2.45) is 0 Å². The van der Waals surface area contributed by atoms with Crippen molar-refractivity contribution in [3.8, 4) is 0 Å². The molecule has 3 aromatic rings. The predicted molar refractivity (Wildman–Crippen MR) is 138 cm³/mol. The standard InChI is InChI=1S/C23H27ClN4O3S2/c1-3-26(4-2)13-14-27(22(29)6-5-15-32-19-10-7-17(24)8-11-19)23-25-20-12-9-18(28(30)31)16-21(20)33-23/h7-12,16H,3-6,13-15H2,1-2H3. The lowest BCUT2D eigenvalue weighted by atomic mass is 10.3. The van der Waals surface area contributed by atoms with Gasteiger partial charge in [0.25, 0.3) is 5.69 Å². The molecule has 1 amide bonds. The molecule has 0 radical (unpaired) electrons. The zero-order chi connectivity index (χ0) is 23.8. The fourth-order valence-corrected chi connectivity index (χ4v) is 5.34. The number of hydrogen-bond acceptors (Lipinski definition) is 7. The van der Waals surface area contributed by atoms with E-state index in [9.17, 15) is 14.9 Å². The van der Waals surface area contributed by atoms with Gasteiger partial charge in [0.2, 0.25) is 5.91 Å². The molecule has 1 heterocycles. The molecule has 0 saturated heterocycles. The zero-order valence-electron chi connectivity index (χ0n) is 18.7. The van der Waals surface area contributed by atoms with Crippen LogP contribution in [0.15, 0.2) is 47.4 Å². The van der Waals surface area contributed by atoms with Gasteiger partial charge in [-0.05, 0) is 55.6 Å². The molecule has 3 rings (SSSR count). The van der Waals surface area contributed by atoms with Crippen LogP contribution in [0.5, 0.6) is 0 Å². The molecule has 0 spiro atoms. The number of thioether (sulfide) groups is 1. The molecule has 2 aromatic carbocycles. The van der Waals surface area contributed by atoms with Crippen LogP contribution < -0.4 is 4.90 Å². The quantitative estimate of drug-likeness (QED) is 0.128. The zero-order valence-corrected chi connectivity index (χ0v) is 21.1. The summed E-state index contributed by atoms with van der Waals surface area (Å²) < 4.78 is 0.707. The number of halogens is 1. The lowest BCUT2D eigenvalue weighted by Gasteiger charge is -2.24. The molecule has 176 valence electrons. The Morgan fingerprint density at radius 1 is 1.15 bits per heavy atom. The summed E-state index contributed by atoms with van der Waals surface area (Å²) in [7, 11) is 0. The topological polar surface area (TPSA) is 79.6 Å². The summed E-state index contributed by atoms with van der Waals surface area (Å²) in [5, 5.41) is 12.4. The molecule has 0 N–H and O–H groups in total. The smallest absolute Gasteiger partial charge is 0.270 e. The van der Waals surface area contributed by atoms with Crippen LogP contribution >= 0.6 is 34.7 Å². The van der Waals surface area contributed by atoms with E-state index in [-0.39, 0.29) is 11.6 Å². The van der Waals surface area contributed by atoms with E-state index in [4.69, 9.17) is 11.6 Å². The van der Waals surface area contributed by atoms with Gasteiger partial charge in [-0.3, -0.25) is 19.8 Å². The SMILES string of the molecule is CCN(CC)CCN(C(=O)CCCSc1ccc(Cl)cc1)c1nc2ccc([N+](=O)[O-])cc2s1. The van der Waals surface area contributed by atoms with Crippen LogP contribution in [0.4, 0.5) is 10.8 Å². The normalized spacial score (nSPS) is 11.3. The maximum atomic E-state index is 13.2. The van der Waals surface area contributed by atoms with Crippen molar-refractivity contribution in [3.63, 3.8) is 0 Å². The Morgan fingerprint density at radius 2 is 1.88 bits per heavy atom. The van der Waals surface area contributed by atoms with E-state index in [1.165, 1.54) is 23.5 Å². The van der Waals surface area contributed by atoms with Crippen LogP contribution in [0.1, 0.15) is 26.7 Å². The number of carbonyl (C=O) groups excluding carboxylic acids is 1. The minimum atomic E-state index is -0.416. The molecule has 0 saturated carbocycles. The van der Waals surface area contributed by atoms with Gasteiger partial charge in [0.15, 0.2) is 5.13 Å². The predicted octanol–water partition coefficient (Wildman–Crippen LogP) is 6.11. The molecular formula is C23H27ClN4O3S2. The number of thiazole rings is 1. The Balaban J connectivity index is 1.70. The van der Waals surface area contributed by atoms with E-state index in [2.05, 4.69) is 23.7 Å². The van der Waals surface area contributed by atoms with Crippen molar-refractivity contribution in [1.82, 2.24) is 9.88 Å². The van der Waals surface area contributed by atoms with Gasteiger partial charge >= 0.3 is 0 Å². The number of nitro groups is 1. The molecule has 7 nitrogen and oxygen atoms in total. The van der Waals surface area contributed by atoms with E-state index in [1.54, 1.807) is 22.7 Å². The number of hydrogen-bond donors (Lipinski definition) is 0. The van der Waals surface area contributed by atoms with Crippen LogP contribution in [-0.2, 0) is 4.79 Å². The number of nitro benzene ring substituents is 1. The number of anilines is 1. The molecular weight excluding hydrogens is 480 g/mol. The summed E-state index contributed by atoms with van der Waals surface area (Å²) in [6, 6.07) is 12.3. The highest BCUT2D eigenvalue weighted by Crippen LogP contribution is 2.32. The molecule has 0 unspecified atom stereocenters. The van der Waals surface area contributed by atoms with Gasteiger partial charge in [0, 0.05) is 41.6 Å². The van der Waals surface area contributed by atoms with Gasteiger partial charge in [-0.1, -0.05) is 36.8 Å². The largest absolute Gasteiger partial charge is 0.302 e. The van der Waals surface area contributed by atoms with E-state index < -0.39 is 4.92 Å². The number of likely N-dealkylation sites (N-methyl/N-ethyl adjacent to an activating group) is 1. The molecule has 0 aliphatic rings. The highest BCUT2D eigenvalue weighted by atomic mass is 35.5. The highest BCUT2D eigenvalue weighted by Gasteiger charge is 2.21. The Morgan fingerprint density at radius 3 is 2.55 bits per heavy atom. The monoisotopic (exact) mass is 506 g/mol. The second-order valence-corrected chi connectivity index (χ2v) is 10.00. The maximum absolute atomic E-state index is 13.2. The third kappa shape index (κ3) is 7.14. The molecule has 0 bridgehead atoms. The molecule has 0 aliphatic heterocycles. The van der Waals surface area contributed by atoms with Crippen molar-refractivity contribution in [2.45, 2.75) is 31.6 Å².